The number of carbonyl (C=O) groups is 1. The van der Waals surface area contributed by atoms with Crippen LogP contribution in [0.15, 0.2) is 23.1 Å². The molecule has 5 heteroatoms. The maximum Gasteiger partial charge on any atom is 0.354 e. The summed E-state index contributed by atoms with van der Waals surface area (Å²) >= 11 is 0. The van der Waals surface area contributed by atoms with Gasteiger partial charge >= 0.3 is 5.97 Å². The number of hydrogen-bond donors (Lipinski definition) is 2. The van der Waals surface area contributed by atoms with E-state index >= 15 is 0 Å². The van der Waals surface area contributed by atoms with Gasteiger partial charge in [0.1, 0.15) is 5.69 Å². The summed E-state index contributed by atoms with van der Waals surface area (Å²) < 4.78 is 4.83. The SMILES string of the molecule is CCOC(=O)c1cc2c[nH]c(=O)cc2[nH]1. The van der Waals surface area contributed by atoms with Gasteiger partial charge < -0.3 is 14.7 Å². The fourth-order valence-electron chi connectivity index (χ4n) is 1.37. The molecule has 2 aromatic rings. The summed E-state index contributed by atoms with van der Waals surface area (Å²) in [5.74, 6) is -0.416. The van der Waals surface area contributed by atoms with Crippen LogP contribution in [0.25, 0.3) is 10.9 Å². The third-order valence-electron chi connectivity index (χ3n) is 2.02. The fraction of sp³-hybridized carbons (Fsp3) is 0.200. The highest BCUT2D eigenvalue weighted by Crippen LogP contribution is 2.12. The van der Waals surface area contributed by atoms with Crippen molar-refractivity contribution in [2.45, 2.75) is 6.92 Å². The molecular weight excluding hydrogens is 196 g/mol. The lowest BCUT2D eigenvalue weighted by molar-refractivity contribution is 0.0520. The molecule has 0 aliphatic heterocycles. The molecule has 0 aliphatic carbocycles. The van der Waals surface area contributed by atoms with Crippen molar-refractivity contribution in [2.24, 2.45) is 0 Å². The maximum atomic E-state index is 11.4. The molecule has 15 heavy (non-hydrogen) atoms. The summed E-state index contributed by atoms with van der Waals surface area (Å²) in [5.41, 5.74) is 0.771. The van der Waals surface area contributed by atoms with Crippen molar-refractivity contribution >= 4 is 16.9 Å². The molecular formula is C10H10N2O3. The highest BCUT2D eigenvalue weighted by atomic mass is 16.5. The Morgan fingerprint density at radius 3 is 3.00 bits per heavy atom. The summed E-state index contributed by atoms with van der Waals surface area (Å²) in [6.45, 7) is 2.07. The number of esters is 1. The number of H-pyrrole nitrogens is 2. The second kappa shape index (κ2) is 3.61. The Morgan fingerprint density at radius 1 is 1.47 bits per heavy atom. The van der Waals surface area contributed by atoms with Crippen molar-refractivity contribution in [1.82, 2.24) is 9.97 Å². The lowest BCUT2D eigenvalue weighted by atomic mass is 10.3. The van der Waals surface area contributed by atoms with Crippen LogP contribution in [0.5, 0.6) is 0 Å². The monoisotopic (exact) mass is 206 g/mol. The first kappa shape index (κ1) is 9.51. The number of carbonyl (C=O) groups excluding carboxylic acids is 1. The number of aromatic nitrogens is 2. The van der Waals surface area contributed by atoms with Gasteiger partial charge in [0.15, 0.2) is 0 Å². The smallest absolute Gasteiger partial charge is 0.354 e. The molecule has 0 aliphatic rings. The van der Waals surface area contributed by atoms with Crippen molar-refractivity contribution < 1.29 is 9.53 Å². The van der Waals surface area contributed by atoms with Crippen LogP contribution in [0, 0.1) is 0 Å². The first-order chi connectivity index (χ1) is 7.20. The fourth-order valence-corrected chi connectivity index (χ4v) is 1.37. The number of pyridine rings is 1. The Balaban J connectivity index is 2.47. The third kappa shape index (κ3) is 1.76. The van der Waals surface area contributed by atoms with Gasteiger partial charge in [0.25, 0.3) is 0 Å². The largest absolute Gasteiger partial charge is 0.461 e. The molecule has 0 fully saturated rings. The molecule has 0 saturated carbocycles. The van der Waals surface area contributed by atoms with Crippen LogP contribution in [-0.4, -0.2) is 22.5 Å². The van der Waals surface area contributed by atoms with E-state index in [0.717, 1.165) is 5.39 Å². The van der Waals surface area contributed by atoms with Crippen LogP contribution in [0.4, 0.5) is 0 Å². The Kier molecular flexibility index (Phi) is 2.29. The predicted molar refractivity (Wildman–Crippen MR) is 54.9 cm³/mol. The lowest BCUT2D eigenvalue weighted by Gasteiger charge is -1.96. The van der Waals surface area contributed by atoms with Gasteiger partial charge in [0.2, 0.25) is 5.56 Å². The van der Waals surface area contributed by atoms with Crippen molar-refractivity contribution in [3.8, 4) is 0 Å². The molecule has 0 amide bonds. The quantitative estimate of drug-likeness (QED) is 0.720. The van der Waals surface area contributed by atoms with E-state index in [-0.39, 0.29) is 5.56 Å². The minimum Gasteiger partial charge on any atom is -0.461 e. The second-order valence-electron chi connectivity index (χ2n) is 3.07. The zero-order valence-electron chi connectivity index (χ0n) is 8.16. The van der Waals surface area contributed by atoms with Gasteiger partial charge in [-0.2, -0.15) is 0 Å². The highest BCUT2D eigenvalue weighted by Gasteiger charge is 2.09. The molecule has 0 radical (unpaired) electrons. The van der Waals surface area contributed by atoms with Crippen LogP contribution in [0.1, 0.15) is 17.4 Å². The molecule has 0 aromatic carbocycles. The summed E-state index contributed by atoms with van der Waals surface area (Å²) in [4.78, 5) is 27.7. The molecule has 0 atom stereocenters. The normalized spacial score (nSPS) is 10.5. The van der Waals surface area contributed by atoms with Crippen LogP contribution >= 0.6 is 0 Å². The summed E-state index contributed by atoms with van der Waals surface area (Å²) in [6, 6.07) is 3.04. The van der Waals surface area contributed by atoms with Gasteiger partial charge in [-0.05, 0) is 13.0 Å². The number of ether oxygens (including phenoxy) is 1. The third-order valence-corrected chi connectivity index (χ3v) is 2.02. The maximum absolute atomic E-state index is 11.4. The topological polar surface area (TPSA) is 75.0 Å². The second-order valence-corrected chi connectivity index (χ2v) is 3.07. The highest BCUT2D eigenvalue weighted by molar-refractivity contribution is 5.94. The van der Waals surface area contributed by atoms with Crippen molar-refractivity contribution in [1.29, 1.82) is 0 Å². The Labute approximate surface area is 85.1 Å². The molecule has 2 N–H and O–H groups in total. The number of nitrogens with one attached hydrogen (secondary N) is 2. The van der Waals surface area contributed by atoms with E-state index in [1.165, 1.54) is 6.07 Å². The number of aromatic amines is 2. The van der Waals surface area contributed by atoms with Gasteiger partial charge in [-0.25, -0.2) is 4.79 Å². The van der Waals surface area contributed by atoms with Gasteiger partial charge in [-0.3, -0.25) is 4.79 Å². The molecule has 2 heterocycles. The van der Waals surface area contributed by atoms with Crippen molar-refractivity contribution in [2.75, 3.05) is 6.61 Å². The molecule has 0 bridgehead atoms. The molecule has 2 rings (SSSR count). The average molecular weight is 206 g/mol. The molecule has 5 nitrogen and oxygen atoms in total. The van der Waals surface area contributed by atoms with E-state index in [4.69, 9.17) is 4.74 Å². The predicted octanol–water partition coefficient (Wildman–Crippen LogP) is 1.03. The standard InChI is InChI=1S/C10H10N2O3/c1-2-15-10(14)8-3-6-5-11-9(13)4-7(6)12-8/h3-5,12H,2H2,1H3,(H,11,13). The van der Waals surface area contributed by atoms with Crippen LogP contribution in [-0.2, 0) is 4.74 Å². The van der Waals surface area contributed by atoms with Gasteiger partial charge in [0.05, 0.1) is 12.1 Å². The van der Waals surface area contributed by atoms with Crippen LogP contribution in [0.3, 0.4) is 0 Å². The Morgan fingerprint density at radius 2 is 2.27 bits per heavy atom. The Bertz CT molecular complexity index is 553. The number of hydrogen-bond acceptors (Lipinski definition) is 3. The van der Waals surface area contributed by atoms with E-state index in [0.29, 0.717) is 17.8 Å². The first-order valence-corrected chi connectivity index (χ1v) is 4.59. The summed E-state index contributed by atoms with van der Waals surface area (Å²) in [6.07, 6.45) is 1.55. The molecule has 0 spiro atoms. The zero-order chi connectivity index (χ0) is 10.8. The van der Waals surface area contributed by atoms with Crippen molar-refractivity contribution in [3.63, 3.8) is 0 Å². The van der Waals surface area contributed by atoms with Crippen molar-refractivity contribution in [3.05, 3.63) is 34.4 Å². The van der Waals surface area contributed by atoms with Gasteiger partial charge in [-0.1, -0.05) is 0 Å². The summed E-state index contributed by atoms with van der Waals surface area (Å²) in [7, 11) is 0. The van der Waals surface area contributed by atoms with Gasteiger partial charge in [0, 0.05) is 17.6 Å². The van der Waals surface area contributed by atoms with E-state index in [1.54, 1.807) is 19.2 Å². The summed E-state index contributed by atoms with van der Waals surface area (Å²) in [5, 5.41) is 0.776. The lowest BCUT2D eigenvalue weighted by Crippen LogP contribution is -2.04. The van der Waals surface area contributed by atoms with Crippen LogP contribution in [0.2, 0.25) is 0 Å². The Hall–Kier alpha value is -2.04. The first-order valence-electron chi connectivity index (χ1n) is 4.59. The van der Waals surface area contributed by atoms with E-state index in [2.05, 4.69) is 9.97 Å². The molecule has 2 aromatic heterocycles. The van der Waals surface area contributed by atoms with Crippen LogP contribution < -0.4 is 5.56 Å². The number of rotatable bonds is 2. The zero-order valence-corrected chi connectivity index (χ0v) is 8.16. The van der Waals surface area contributed by atoms with E-state index in [9.17, 15) is 9.59 Å². The number of fused-ring (bicyclic) bond motifs is 1. The minimum absolute atomic E-state index is 0.209. The van der Waals surface area contributed by atoms with E-state index < -0.39 is 5.97 Å². The van der Waals surface area contributed by atoms with E-state index in [1.807, 2.05) is 0 Å². The minimum atomic E-state index is -0.416. The van der Waals surface area contributed by atoms with Gasteiger partial charge in [-0.15, -0.1) is 0 Å². The molecule has 0 unspecified atom stereocenters. The average Bonchev–Trinajstić information content (AvgIpc) is 2.60. The molecule has 0 saturated heterocycles. The molecule has 78 valence electrons.